The molecule has 21 saturated heterocycles. The molecule has 21 heterocycles. The Morgan fingerprint density at radius 1 is 0.323 bits per heavy atom. The van der Waals surface area contributed by atoms with Gasteiger partial charge in [0, 0.05) is 31.9 Å². The van der Waals surface area contributed by atoms with Crippen LogP contribution < -0.4 is 10.2 Å². The number of azo groups is 1. The Bertz CT molecular complexity index is 2800. The number of hydrogen-bond acceptors (Lipinski definition) is 38. The number of anilines is 1. The summed E-state index contributed by atoms with van der Waals surface area (Å²) < 4.78 is 81.5. The lowest BCUT2D eigenvalue weighted by Crippen LogP contribution is -2.68. The molecule has 0 saturated carbocycles. The van der Waals surface area contributed by atoms with Gasteiger partial charge in [-0.2, -0.15) is 10.2 Å². The number of carbonyl (C=O) groups excluding carboxylic acids is 1. The van der Waals surface area contributed by atoms with Gasteiger partial charge in [-0.25, -0.2) is 0 Å². The van der Waals surface area contributed by atoms with Gasteiger partial charge < -0.3 is 179 Å². The third-order valence-corrected chi connectivity index (χ3v) is 17.8. The number of aliphatic hydroxyl groups is 20. The molecular formula is C57H84N4O35. The largest absolute Gasteiger partial charge is 0.394 e. The molecule has 1 amide bonds. The summed E-state index contributed by atoms with van der Waals surface area (Å²) in [6.45, 7) is -7.13. The monoisotopic (exact) mass is 1380 g/mol. The molecule has 2 aromatic carbocycles. The van der Waals surface area contributed by atoms with Crippen molar-refractivity contribution >= 4 is 23.0 Å². The van der Waals surface area contributed by atoms with E-state index in [1.54, 1.807) is 12.1 Å². The van der Waals surface area contributed by atoms with Crippen molar-refractivity contribution in [3.05, 3.63) is 54.1 Å². The molecule has 39 nitrogen and oxygen atoms in total. The third kappa shape index (κ3) is 15.5. The van der Waals surface area contributed by atoms with Crippen molar-refractivity contribution in [1.29, 1.82) is 0 Å². The quantitative estimate of drug-likeness (QED) is 0.0878. The first-order valence-corrected chi connectivity index (χ1v) is 30.8. The van der Waals surface area contributed by atoms with Crippen LogP contribution >= 0.6 is 0 Å². The van der Waals surface area contributed by atoms with Crippen LogP contribution in [0, 0.1) is 0 Å². The van der Waals surface area contributed by atoms with Gasteiger partial charge in [0.2, 0.25) is 0 Å². The summed E-state index contributed by atoms with van der Waals surface area (Å²) in [6, 6.07) is 12.9. The molecule has 2 aromatic rings. The number of hydrogen-bond donors (Lipinski definition) is 21. The van der Waals surface area contributed by atoms with E-state index < -0.39 is 267 Å². The van der Waals surface area contributed by atoms with Gasteiger partial charge >= 0.3 is 0 Å². The molecule has 542 valence electrons. The lowest BCUT2D eigenvalue weighted by Gasteiger charge is -2.50. The van der Waals surface area contributed by atoms with Crippen LogP contribution in [0.3, 0.4) is 0 Å². The first-order valence-electron chi connectivity index (χ1n) is 30.8. The minimum atomic E-state index is -2.28. The topological polar surface area (TPSA) is 591 Å². The lowest BCUT2D eigenvalue weighted by molar-refractivity contribution is -0.396. The molecule has 0 aliphatic carbocycles. The predicted molar refractivity (Wildman–Crippen MR) is 305 cm³/mol. The molecule has 96 heavy (non-hydrogen) atoms. The number of carbonyl (C=O) groups is 1. The second kappa shape index (κ2) is 32.3. The number of benzene rings is 2. The number of nitrogens with zero attached hydrogens (tertiary/aromatic N) is 3. The van der Waals surface area contributed by atoms with E-state index in [1.165, 1.54) is 24.3 Å². The van der Waals surface area contributed by atoms with Gasteiger partial charge in [-0.1, -0.05) is 0 Å². The maximum atomic E-state index is 13.8. The smallest absolute Gasteiger partial charge is 0.251 e. The molecule has 35 atom stereocenters. The van der Waals surface area contributed by atoms with Crippen LogP contribution in [-0.2, 0) is 66.3 Å². The summed E-state index contributed by atoms with van der Waals surface area (Å²) in [5, 5.41) is 236. The standard InChI is InChI=1S/C57H84N4O35/c1-61(2)21-9-7-20(8-10-21)60-59-19-5-3-18(4-6-19)50(82)58-11-22-43-29(68)36(75)51(83-22)91-44-23(12-62)85-53(38(77)31(44)70)93-46-25(14-64)87-55(40(79)33(46)72)95-48-27(16-66)89-57(42(81)35(48)74)96-49-28(17-67)88-56(41(80)34(49)73)94-47-26(15-65)86-54(39(78)32(47)71)92-45-24(13-63)84-52(90-43)37(76)30(45)69/h3-10,22-49,51-57,62-81H,11-17H2,1-2H3,(H,58,82)/t22-,23-,24-,25-,26-,27-,28-,29-,30-,31-,32-,33-,34-,35-,36-,37-,38-,39-,40-,41-,42-,43-,44-,45-,46-,47-,48-,49-,51-,52-,53-,54-,55-,56-,57-/m1/s1. The fourth-order valence-electron chi connectivity index (χ4n) is 12.3. The fraction of sp³-hybridized carbons (Fsp3) is 0.772. The van der Waals surface area contributed by atoms with E-state index in [4.69, 9.17) is 66.3 Å². The van der Waals surface area contributed by atoms with Crippen LogP contribution in [0.5, 0.6) is 0 Å². The maximum absolute atomic E-state index is 13.8. The SMILES string of the molecule is CN(C)c1ccc(N=Nc2ccc(C(=O)NC[C@H]3O[C@@H]4O[C@H]5[C@H](O)[C@@H](O)[C@@H](O[C@H]6[C@H](O)[C@@H](O)[C@@H](O[C@H]7[C@H](O)[C@@H](O)[C@@H](O[C@H]8[C@H](O)[C@@H](O)[C@@H](O[C@H]9[C@H](O)[C@@H](O)[C@@H](O[C@H]%10[C@H](O)[C@@H](O)[C@@H](O[C@H]3[C@H](O)[C@H]4O)O[C@@H]%10CO)O[C@@H]9CO)O[C@@H]8CO)O[C@@H]7CO)O[C@@H]6CO)O[C@@H]5CO)cc2)cc1. The number of amides is 1. The summed E-state index contributed by atoms with van der Waals surface area (Å²) in [6.07, 6.45) is -71.8. The Labute approximate surface area is 544 Å². The van der Waals surface area contributed by atoms with E-state index in [0.717, 1.165) is 5.69 Å². The molecule has 39 heteroatoms. The van der Waals surface area contributed by atoms with Gasteiger partial charge in [-0.15, -0.1) is 0 Å². The summed E-state index contributed by atoms with van der Waals surface area (Å²) >= 11 is 0. The normalized spacial score (nSPS) is 46.7. The molecule has 0 aromatic heterocycles. The van der Waals surface area contributed by atoms with E-state index in [9.17, 15) is 107 Å². The third-order valence-electron chi connectivity index (χ3n) is 17.8. The molecule has 21 fully saturated rings. The minimum Gasteiger partial charge on any atom is -0.394 e. The summed E-state index contributed by atoms with van der Waals surface area (Å²) in [5.41, 5.74) is 1.85. The highest BCUT2D eigenvalue weighted by molar-refractivity contribution is 5.94. The molecule has 21 aliphatic rings. The average molecular weight is 1390 g/mol. The van der Waals surface area contributed by atoms with Crippen LogP contribution in [0.2, 0.25) is 0 Å². The van der Waals surface area contributed by atoms with Crippen LogP contribution in [0.4, 0.5) is 17.1 Å². The second-order valence-electron chi connectivity index (χ2n) is 24.3. The molecule has 23 rings (SSSR count). The molecule has 0 unspecified atom stereocenters. The van der Waals surface area contributed by atoms with Crippen LogP contribution in [-0.4, -0.2) is 383 Å². The van der Waals surface area contributed by atoms with E-state index in [0.29, 0.717) is 11.4 Å². The average Bonchev–Trinajstić information content (AvgIpc) is 0.783. The molecule has 0 spiro atoms. The van der Waals surface area contributed by atoms with E-state index >= 15 is 0 Å². The molecular weight excluding hydrogens is 1300 g/mol. The highest BCUT2D eigenvalue weighted by Gasteiger charge is 2.60. The van der Waals surface area contributed by atoms with E-state index in [-0.39, 0.29) is 5.56 Å². The number of ether oxygens (including phenoxy) is 14. The summed E-state index contributed by atoms with van der Waals surface area (Å²) in [4.78, 5) is 15.7. The molecule has 21 N–H and O–H groups in total. The Balaban J connectivity index is 0.930. The zero-order valence-electron chi connectivity index (χ0n) is 51.2. The zero-order chi connectivity index (χ0) is 69.3. The van der Waals surface area contributed by atoms with Crippen LogP contribution in [0.15, 0.2) is 58.8 Å². The highest BCUT2D eigenvalue weighted by atomic mass is 16.8. The predicted octanol–water partition coefficient (Wildman–Crippen LogP) is -11.3. The van der Waals surface area contributed by atoms with Gasteiger partial charge in [0.1, 0.15) is 171 Å². The molecule has 0 radical (unpaired) electrons. The Kier molecular flexibility index (Phi) is 25.1. The maximum Gasteiger partial charge on any atom is 0.251 e. The first-order chi connectivity index (χ1) is 45.8. The number of aliphatic hydroxyl groups excluding tert-OH is 20. The van der Waals surface area contributed by atoms with E-state index in [2.05, 4.69) is 15.5 Å². The van der Waals surface area contributed by atoms with Crippen molar-refractivity contribution in [2.75, 3.05) is 65.2 Å². The molecule has 14 bridgehead atoms. The van der Waals surface area contributed by atoms with Gasteiger partial charge in [0.05, 0.1) is 51.0 Å². The zero-order valence-corrected chi connectivity index (χ0v) is 51.2. The summed E-state index contributed by atoms with van der Waals surface area (Å²) in [7, 11) is 3.75. The second-order valence-corrected chi connectivity index (χ2v) is 24.3. The van der Waals surface area contributed by atoms with Gasteiger partial charge in [0.25, 0.3) is 5.91 Å². The van der Waals surface area contributed by atoms with Crippen molar-refractivity contribution < 1.29 is 173 Å². The first kappa shape index (κ1) is 74.6. The van der Waals surface area contributed by atoms with Crippen molar-refractivity contribution in [2.45, 2.75) is 215 Å². The summed E-state index contributed by atoms with van der Waals surface area (Å²) in [5.74, 6) is -0.784. The Morgan fingerprint density at radius 3 is 0.750 bits per heavy atom. The number of nitrogens with one attached hydrogen (secondary N) is 1. The van der Waals surface area contributed by atoms with Crippen molar-refractivity contribution in [2.24, 2.45) is 10.2 Å². The number of rotatable bonds is 12. The van der Waals surface area contributed by atoms with Crippen LogP contribution in [0.1, 0.15) is 10.4 Å². The highest BCUT2D eigenvalue weighted by Crippen LogP contribution is 2.39. The van der Waals surface area contributed by atoms with E-state index in [1.807, 2.05) is 31.1 Å². The minimum absolute atomic E-state index is 0.0373. The van der Waals surface area contributed by atoms with Crippen LogP contribution in [0.25, 0.3) is 0 Å². The lowest BCUT2D eigenvalue weighted by atomic mass is 9.95. The fourth-order valence-corrected chi connectivity index (χ4v) is 12.3. The Morgan fingerprint density at radius 2 is 0.531 bits per heavy atom. The van der Waals surface area contributed by atoms with Crippen molar-refractivity contribution in [3.63, 3.8) is 0 Å². The molecule has 21 aliphatic heterocycles. The van der Waals surface area contributed by atoms with Gasteiger partial charge in [0.15, 0.2) is 44.0 Å². The van der Waals surface area contributed by atoms with Gasteiger partial charge in [-0.05, 0) is 48.5 Å². The van der Waals surface area contributed by atoms with Crippen molar-refractivity contribution in [1.82, 2.24) is 5.32 Å². The van der Waals surface area contributed by atoms with Gasteiger partial charge in [-0.3, -0.25) is 4.79 Å². The Hall–Kier alpha value is -4.05. The van der Waals surface area contributed by atoms with Crippen molar-refractivity contribution in [3.8, 4) is 0 Å².